The maximum atomic E-state index is 11.7. The Morgan fingerprint density at radius 1 is 1.28 bits per heavy atom. The van der Waals surface area contributed by atoms with E-state index in [-0.39, 0.29) is 5.91 Å². The molecule has 2 rings (SSSR count). The Morgan fingerprint density at radius 3 is 2.89 bits per heavy atom. The van der Waals surface area contributed by atoms with E-state index in [1.165, 1.54) is 22.5 Å². The van der Waals surface area contributed by atoms with Gasteiger partial charge in [-0.05, 0) is 36.8 Å². The van der Waals surface area contributed by atoms with Crippen LogP contribution < -0.4 is 5.32 Å². The zero-order chi connectivity index (χ0) is 12.8. The molecule has 0 saturated heterocycles. The van der Waals surface area contributed by atoms with Crippen molar-refractivity contribution in [3.8, 4) is 0 Å². The second kappa shape index (κ2) is 6.36. The molecule has 1 N–H and O–H groups in total. The Balaban J connectivity index is 1.72. The summed E-state index contributed by atoms with van der Waals surface area (Å²) in [5, 5.41) is 4.86. The maximum absolute atomic E-state index is 11.7. The molecule has 0 saturated carbocycles. The van der Waals surface area contributed by atoms with Crippen LogP contribution in [-0.4, -0.2) is 12.5 Å². The molecule has 2 nitrogen and oxygen atoms in total. The van der Waals surface area contributed by atoms with Gasteiger partial charge >= 0.3 is 0 Å². The summed E-state index contributed by atoms with van der Waals surface area (Å²) < 4.78 is 0. The molecule has 0 atom stereocenters. The predicted molar refractivity (Wildman–Crippen MR) is 76.2 cm³/mol. The summed E-state index contributed by atoms with van der Waals surface area (Å²) in [6.45, 7) is 2.83. The number of hydrogen-bond donors (Lipinski definition) is 1. The SMILES string of the molecule is Cc1cccc(CCCNC(=O)c2cccs2)c1. The van der Waals surface area contributed by atoms with Crippen molar-refractivity contribution < 1.29 is 4.79 Å². The van der Waals surface area contributed by atoms with Crippen molar-refractivity contribution in [1.82, 2.24) is 5.32 Å². The first-order valence-corrected chi connectivity index (χ1v) is 7.01. The lowest BCUT2D eigenvalue weighted by atomic mass is 10.1. The van der Waals surface area contributed by atoms with E-state index in [2.05, 4.69) is 36.5 Å². The molecule has 0 bridgehead atoms. The van der Waals surface area contributed by atoms with Gasteiger partial charge in [0.05, 0.1) is 4.88 Å². The first-order valence-electron chi connectivity index (χ1n) is 6.13. The smallest absolute Gasteiger partial charge is 0.261 e. The van der Waals surface area contributed by atoms with Crippen LogP contribution in [0.4, 0.5) is 0 Å². The van der Waals surface area contributed by atoms with E-state index < -0.39 is 0 Å². The van der Waals surface area contributed by atoms with Crippen molar-refractivity contribution in [2.45, 2.75) is 19.8 Å². The highest BCUT2D eigenvalue weighted by molar-refractivity contribution is 7.12. The second-order valence-electron chi connectivity index (χ2n) is 4.33. The molecule has 1 amide bonds. The topological polar surface area (TPSA) is 29.1 Å². The average Bonchev–Trinajstić information content (AvgIpc) is 2.88. The highest BCUT2D eigenvalue weighted by Crippen LogP contribution is 2.08. The van der Waals surface area contributed by atoms with E-state index in [9.17, 15) is 4.79 Å². The molecular formula is C15H17NOS. The fourth-order valence-electron chi connectivity index (χ4n) is 1.86. The van der Waals surface area contributed by atoms with E-state index in [0.717, 1.165) is 24.3 Å². The van der Waals surface area contributed by atoms with Gasteiger partial charge in [-0.25, -0.2) is 0 Å². The van der Waals surface area contributed by atoms with Gasteiger partial charge in [-0.2, -0.15) is 0 Å². The largest absolute Gasteiger partial charge is 0.351 e. The molecule has 18 heavy (non-hydrogen) atoms. The lowest BCUT2D eigenvalue weighted by molar-refractivity contribution is 0.0957. The number of rotatable bonds is 5. The summed E-state index contributed by atoms with van der Waals surface area (Å²) in [5.74, 6) is 0.0363. The monoisotopic (exact) mass is 259 g/mol. The molecule has 1 aromatic heterocycles. The molecule has 0 aliphatic carbocycles. The minimum absolute atomic E-state index is 0.0363. The van der Waals surface area contributed by atoms with Gasteiger partial charge in [-0.1, -0.05) is 35.9 Å². The van der Waals surface area contributed by atoms with Crippen molar-refractivity contribution in [2.24, 2.45) is 0 Å². The summed E-state index contributed by atoms with van der Waals surface area (Å²) in [5.41, 5.74) is 2.62. The normalized spacial score (nSPS) is 10.3. The number of aryl methyl sites for hydroxylation is 2. The average molecular weight is 259 g/mol. The van der Waals surface area contributed by atoms with Gasteiger partial charge < -0.3 is 5.32 Å². The van der Waals surface area contributed by atoms with Gasteiger partial charge in [0.25, 0.3) is 5.91 Å². The summed E-state index contributed by atoms with van der Waals surface area (Å²) >= 11 is 1.48. The van der Waals surface area contributed by atoms with E-state index in [1.807, 2.05) is 17.5 Å². The van der Waals surface area contributed by atoms with Crippen LogP contribution in [0.15, 0.2) is 41.8 Å². The Bertz CT molecular complexity index is 505. The van der Waals surface area contributed by atoms with Crippen LogP contribution in [0.3, 0.4) is 0 Å². The molecule has 2 aromatic rings. The number of benzene rings is 1. The number of thiophene rings is 1. The third-order valence-electron chi connectivity index (χ3n) is 2.76. The molecule has 0 unspecified atom stereocenters. The van der Waals surface area contributed by atoms with Gasteiger partial charge in [-0.15, -0.1) is 11.3 Å². The Kier molecular flexibility index (Phi) is 4.53. The first kappa shape index (κ1) is 12.8. The van der Waals surface area contributed by atoms with Crippen molar-refractivity contribution in [3.05, 3.63) is 57.8 Å². The standard InChI is InChI=1S/C15H17NOS/c1-12-5-2-6-13(11-12)7-3-9-16-15(17)14-8-4-10-18-14/h2,4-6,8,10-11H,3,7,9H2,1H3,(H,16,17). The van der Waals surface area contributed by atoms with Crippen molar-refractivity contribution >= 4 is 17.2 Å². The first-order chi connectivity index (χ1) is 8.75. The number of carbonyl (C=O) groups excluding carboxylic acids is 1. The molecule has 1 heterocycles. The van der Waals surface area contributed by atoms with Crippen LogP contribution in [0.5, 0.6) is 0 Å². The summed E-state index contributed by atoms with van der Waals surface area (Å²) in [4.78, 5) is 12.5. The van der Waals surface area contributed by atoms with Gasteiger partial charge in [-0.3, -0.25) is 4.79 Å². The minimum atomic E-state index is 0.0363. The van der Waals surface area contributed by atoms with Crippen LogP contribution in [0.1, 0.15) is 27.2 Å². The quantitative estimate of drug-likeness (QED) is 0.819. The van der Waals surface area contributed by atoms with E-state index in [4.69, 9.17) is 0 Å². The van der Waals surface area contributed by atoms with Crippen molar-refractivity contribution in [3.63, 3.8) is 0 Å². The van der Waals surface area contributed by atoms with Crippen molar-refractivity contribution in [1.29, 1.82) is 0 Å². The summed E-state index contributed by atoms with van der Waals surface area (Å²) in [6, 6.07) is 12.2. The lowest BCUT2D eigenvalue weighted by Gasteiger charge is -2.04. The summed E-state index contributed by atoms with van der Waals surface area (Å²) in [6.07, 6.45) is 1.98. The van der Waals surface area contributed by atoms with E-state index >= 15 is 0 Å². The van der Waals surface area contributed by atoms with Gasteiger partial charge in [0.2, 0.25) is 0 Å². The Labute approximate surface area is 112 Å². The molecule has 94 valence electrons. The molecule has 0 radical (unpaired) electrons. The van der Waals surface area contributed by atoms with Gasteiger partial charge in [0.15, 0.2) is 0 Å². The van der Waals surface area contributed by atoms with Crippen LogP contribution in [0.2, 0.25) is 0 Å². The number of nitrogens with one attached hydrogen (secondary N) is 1. The zero-order valence-corrected chi connectivity index (χ0v) is 11.3. The highest BCUT2D eigenvalue weighted by Gasteiger charge is 2.04. The lowest BCUT2D eigenvalue weighted by Crippen LogP contribution is -2.23. The third-order valence-corrected chi connectivity index (χ3v) is 3.62. The molecule has 0 aliphatic rings. The number of hydrogen-bond acceptors (Lipinski definition) is 2. The number of carbonyl (C=O) groups is 1. The molecule has 0 fully saturated rings. The molecule has 0 aliphatic heterocycles. The predicted octanol–water partition coefficient (Wildman–Crippen LogP) is 3.42. The fourth-order valence-corrected chi connectivity index (χ4v) is 2.50. The van der Waals surface area contributed by atoms with E-state index in [0.29, 0.717) is 0 Å². The molecule has 0 spiro atoms. The second-order valence-corrected chi connectivity index (χ2v) is 5.27. The van der Waals surface area contributed by atoms with E-state index in [1.54, 1.807) is 0 Å². The highest BCUT2D eigenvalue weighted by atomic mass is 32.1. The fraction of sp³-hybridized carbons (Fsp3) is 0.267. The van der Waals surface area contributed by atoms with Gasteiger partial charge in [0, 0.05) is 6.54 Å². The van der Waals surface area contributed by atoms with Crippen LogP contribution in [0.25, 0.3) is 0 Å². The van der Waals surface area contributed by atoms with Crippen molar-refractivity contribution in [2.75, 3.05) is 6.54 Å². The van der Waals surface area contributed by atoms with Crippen LogP contribution in [0, 0.1) is 6.92 Å². The Hall–Kier alpha value is -1.61. The molecule has 3 heteroatoms. The minimum Gasteiger partial charge on any atom is -0.351 e. The number of amides is 1. The maximum Gasteiger partial charge on any atom is 0.261 e. The van der Waals surface area contributed by atoms with Crippen LogP contribution >= 0.6 is 11.3 Å². The molecular weight excluding hydrogens is 242 g/mol. The van der Waals surface area contributed by atoms with Crippen LogP contribution in [-0.2, 0) is 6.42 Å². The third kappa shape index (κ3) is 3.70. The zero-order valence-electron chi connectivity index (χ0n) is 10.5. The Morgan fingerprint density at radius 2 is 2.17 bits per heavy atom. The van der Waals surface area contributed by atoms with Gasteiger partial charge in [0.1, 0.15) is 0 Å². The molecule has 1 aromatic carbocycles. The summed E-state index contributed by atoms with van der Waals surface area (Å²) in [7, 11) is 0.